The summed E-state index contributed by atoms with van der Waals surface area (Å²) in [4.78, 5) is 13.5. The number of thioether (sulfide) groups is 1. The summed E-state index contributed by atoms with van der Waals surface area (Å²) in [6.45, 7) is 0.315. The van der Waals surface area contributed by atoms with Crippen molar-refractivity contribution in [2.75, 3.05) is 24.3 Å². The van der Waals surface area contributed by atoms with Crippen LogP contribution in [-0.2, 0) is 9.84 Å². The minimum absolute atomic E-state index is 0.0805. The van der Waals surface area contributed by atoms with Gasteiger partial charge in [-0.25, -0.2) is 12.8 Å². The first-order valence-electron chi connectivity index (χ1n) is 5.73. The number of benzene rings is 1. The molecule has 0 N–H and O–H groups in total. The van der Waals surface area contributed by atoms with E-state index in [4.69, 9.17) is 0 Å². The molecule has 1 amide bonds. The molecule has 0 bridgehead atoms. The van der Waals surface area contributed by atoms with Crippen molar-refractivity contribution >= 4 is 27.5 Å². The van der Waals surface area contributed by atoms with Gasteiger partial charge in [-0.3, -0.25) is 4.79 Å². The maximum absolute atomic E-state index is 13.6. The molecule has 1 atom stereocenters. The molecule has 1 aliphatic heterocycles. The zero-order valence-electron chi connectivity index (χ0n) is 10.4. The molecule has 1 aromatic carbocycles. The van der Waals surface area contributed by atoms with Gasteiger partial charge in [0.1, 0.15) is 11.2 Å². The molecule has 1 fully saturated rings. The highest BCUT2D eigenvalue weighted by Gasteiger charge is 2.35. The fourth-order valence-electron chi connectivity index (χ4n) is 1.96. The van der Waals surface area contributed by atoms with Crippen molar-refractivity contribution in [1.29, 1.82) is 0 Å². The number of hydrogen-bond donors (Lipinski definition) is 0. The molecule has 2 rings (SSSR count). The largest absolute Gasteiger partial charge is 0.320 e. The van der Waals surface area contributed by atoms with E-state index in [1.54, 1.807) is 6.07 Å². The monoisotopic (exact) mass is 303 g/mol. The van der Waals surface area contributed by atoms with E-state index in [0.717, 1.165) is 6.26 Å². The van der Waals surface area contributed by atoms with Gasteiger partial charge >= 0.3 is 0 Å². The van der Waals surface area contributed by atoms with Crippen molar-refractivity contribution in [2.24, 2.45) is 0 Å². The van der Waals surface area contributed by atoms with Crippen LogP contribution in [0.4, 0.5) is 4.39 Å². The maximum atomic E-state index is 13.6. The Kier molecular flexibility index (Phi) is 4.15. The minimum atomic E-state index is -3.38. The van der Waals surface area contributed by atoms with Gasteiger partial charge in [0.25, 0.3) is 5.91 Å². The molecule has 0 spiro atoms. The summed E-state index contributed by atoms with van der Waals surface area (Å²) < 4.78 is 37.0. The van der Waals surface area contributed by atoms with Gasteiger partial charge in [0, 0.05) is 24.3 Å². The summed E-state index contributed by atoms with van der Waals surface area (Å²) >= 11 is 1.48. The number of nitrogens with zero attached hydrogens (tertiary/aromatic N) is 1. The van der Waals surface area contributed by atoms with Gasteiger partial charge in [0.05, 0.1) is 5.56 Å². The van der Waals surface area contributed by atoms with Gasteiger partial charge in [-0.1, -0.05) is 12.1 Å². The van der Waals surface area contributed by atoms with E-state index in [2.05, 4.69) is 0 Å². The molecular formula is C12H14FNO3S2. The Morgan fingerprint density at radius 2 is 2.11 bits per heavy atom. The highest BCUT2D eigenvalue weighted by atomic mass is 32.2. The Bertz CT molecular complexity index is 588. The van der Waals surface area contributed by atoms with Crippen LogP contribution in [-0.4, -0.2) is 48.9 Å². The van der Waals surface area contributed by atoms with Gasteiger partial charge in [0.15, 0.2) is 9.84 Å². The lowest BCUT2D eigenvalue weighted by molar-refractivity contribution is 0.0745. The smallest absolute Gasteiger partial charge is 0.257 e. The fraction of sp³-hybridized carbons (Fsp3) is 0.417. The second-order valence-corrected chi connectivity index (χ2v) is 7.69. The molecule has 0 saturated carbocycles. The van der Waals surface area contributed by atoms with Crippen molar-refractivity contribution in [3.05, 3.63) is 35.6 Å². The highest BCUT2D eigenvalue weighted by molar-refractivity contribution is 8.00. The third-order valence-electron chi connectivity index (χ3n) is 2.94. The number of amides is 1. The van der Waals surface area contributed by atoms with E-state index in [1.807, 2.05) is 0 Å². The number of sulfone groups is 1. The van der Waals surface area contributed by atoms with Crippen LogP contribution in [0.1, 0.15) is 10.4 Å². The second-order valence-electron chi connectivity index (χ2n) is 4.34. The third-order valence-corrected chi connectivity index (χ3v) is 5.59. The molecule has 104 valence electrons. The zero-order valence-corrected chi connectivity index (χ0v) is 12.0. The van der Waals surface area contributed by atoms with E-state index in [9.17, 15) is 17.6 Å². The molecule has 7 heteroatoms. The van der Waals surface area contributed by atoms with Crippen molar-refractivity contribution in [3.8, 4) is 0 Å². The van der Waals surface area contributed by atoms with Crippen LogP contribution in [0.5, 0.6) is 0 Å². The lowest BCUT2D eigenvalue weighted by Gasteiger charge is -2.34. The number of rotatable bonds is 2. The molecule has 0 aromatic heterocycles. The Morgan fingerprint density at radius 3 is 2.74 bits per heavy atom. The second kappa shape index (κ2) is 5.50. The standard InChI is InChI=1S/C12H14FNO3S2/c1-19(16,17)11-8-18-7-6-14(11)12(15)9-4-2-3-5-10(9)13/h2-5,11H,6-8H2,1H3. The Hall–Kier alpha value is -1.08. The summed E-state index contributed by atoms with van der Waals surface area (Å²) in [5.74, 6) is -0.197. The average Bonchev–Trinajstić information content (AvgIpc) is 2.37. The van der Waals surface area contributed by atoms with E-state index in [1.165, 1.54) is 34.9 Å². The first-order chi connectivity index (χ1) is 8.91. The van der Waals surface area contributed by atoms with Crippen LogP contribution in [0, 0.1) is 5.82 Å². The number of carbonyl (C=O) groups excluding carboxylic acids is 1. The molecule has 4 nitrogen and oxygen atoms in total. The molecule has 0 radical (unpaired) electrons. The Morgan fingerprint density at radius 1 is 1.42 bits per heavy atom. The van der Waals surface area contributed by atoms with Crippen LogP contribution in [0.15, 0.2) is 24.3 Å². The number of hydrogen-bond acceptors (Lipinski definition) is 4. The maximum Gasteiger partial charge on any atom is 0.257 e. The fourth-order valence-corrected chi connectivity index (χ4v) is 4.77. The molecule has 1 aromatic rings. The topological polar surface area (TPSA) is 54.5 Å². The lowest BCUT2D eigenvalue weighted by atomic mass is 10.2. The van der Waals surface area contributed by atoms with Crippen molar-refractivity contribution in [1.82, 2.24) is 4.90 Å². The molecule has 19 heavy (non-hydrogen) atoms. The predicted molar refractivity (Wildman–Crippen MR) is 73.4 cm³/mol. The summed E-state index contributed by atoms with van der Waals surface area (Å²) in [5.41, 5.74) is -0.0805. The first-order valence-corrected chi connectivity index (χ1v) is 8.84. The molecule has 1 aliphatic rings. The van der Waals surface area contributed by atoms with Crippen LogP contribution in [0.3, 0.4) is 0 Å². The zero-order chi connectivity index (χ0) is 14.0. The average molecular weight is 303 g/mol. The van der Waals surface area contributed by atoms with E-state index in [0.29, 0.717) is 18.1 Å². The summed E-state index contributed by atoms with van der Waals surface area (Å²) in [5, 5.41) is -0.877. The van der Waals surface area contributed by atoms with Crippen LogP contribution >= 0.6 is 11.8 Å². The van der Waals surface area contributed by atoms with E-state index < -0.39 is 26.9 Å². The highest BCUT2D eigenvalue weighted by Crippen LogP contribution is 2.23. The molecule has 0 aliphatic carbocycles. The van der Waals surface area contributed by atoms with Crippen LogP contribution in [0.2, 0.25) is 0 Å². The number of carbonyl (C=O) groups is 1. The summed E-state index contributed by atoms with van der Waals surface area (Å²) in [6, 6.07) is 5.62. The molecule has 1 heterocycles. The Balaban J connectivity index is 2.34. The van der Waals surface area contributed by atoms with Gasteiger partial charge in [-0.05, 0) is 12.1 Å². The predicted octanol–water partition coefficient (Wildman–Crippen LogP) is 1.39. The van der Waals surface area contributed by atoms with Gasteiger partial charge in [-0.2, -0.15) is 11.8 Å². The SMILES string of the molecule is CS(=O)(=O)C1CSCCN1C(=O)c1ccccc1F. The van der Waals surface area contributed by atoms with E-state index in [-0.39, 0.29) is 5.56 Å². The molecular weight excluding hydrogens is 289 g/mol. The van der Waals surface area contributed by atoms with Crippen molar-refractivity contribution in [3.63, 3.8) is 0 Å². The van der Waals surface area contributed by atoms with Gasteiger partial charge in [0.2, 0.25) is 0 Å². The van der Waals surface area contributed by atoms with Crippen molar-refractivity contribution < 1.29 is 17.6 Å². The molecule has 1 unspecified atom stereocenters. The van der Waals surface area contributed by atoms with Crippen molar-refractivity contribution in [2.45, 2.75) is 5.37 Å². The summed E-state index contributed by atoms with van der Waals surface area (Å²) in [7, 11) is -3.38. The Labute approximate surface area is 115 Å². The van der Waals surface area contributed by atoms with Gasteiger partial charge < -0.3 is 4.90 Å². The third kappa shape index (κ3) is 3.09. The summed E-state index contributed by atoms with van der Waals surface area (Å²) in [6.07, 6.45) is 1.10. The minimum Gasteiger partial charge on any atom is -0.320 e. The lowest BCUT2D eigenvalue weighted by Crippen LogP contribution is -2.50. The van der Waals surface area contributed by atoms with Crippen LogP contribution in [0.25, 0.3) is 0 Å². The molecule has 1 saturated heterocycles. The normalized spacial score (nSPS) is 20.3. The first kappa shape index (κ1) is 14.3. The number of halogens is 1. The van der Waals surface area contributed by atoms with E-state index >= 15 is 0 Å². The quantitative estimate of drug-likeness (QED) is 0.828. The van der Waals surface area contributed by atoms with Gasteiger partial charge in [-0.15, -0.1) is 0 Å². The van der Waals surface area contributed by atoms with Crippen LogP contribution < -0.4 is 0 Å².